The lowest BCUT2D eigenvalue weighted by Gasteiger charge is -2.26. The van der Waals surface area contributed by atoms with Crippen molar-refractivity contribution in [3.63, 3.8) is 0 Å². The Hall–Kier alpha value is -2.64. The highest BCUT2D eigenvalue weighted by atomic mass is 32.2. The van der Waals surface area contributed by atoms with Crippen molar-refractivity contribution in [3.05, 3.63) is 71.3 Å². The zero-order valence-electron chi connectivity index (χ0n) is 15.9. The molecular weight excluding hydrogens is 378 g/mol. The first-order valence-electron chi connectivity index (χ1n) is 8.98. The van der Waals surface area contributed by atoms with Crippen LogP contribution in [0.5, 0.6) is 5.75 Å². The molecule has 0 atom stereocenters. The summed E-state index contributed by atoms with van der Waals surface area (Å²) >= 11 is 0. The molecule has 1 amide bonds. The molecule has 0 radical (unpaired) electrons. The summed E-state index contributed by atoms with van der Waals surface area (Å²) < 4.78 is 33.2. The standard InChI is InChI=1S/C21H23NO5S/c1-16-14-18(8-9-20(16)27-28(2,24)25)19(17-6-4-3-5-7-17)15-21(23)22-10-12-26-13-11-22/h3-9,14-15H,10-13H2,1-2H3. The van der Waals surface area contributed by atoms with Crippen LogP contribution in [0.1, 0.15) is 16.7 Å². The molecule has 7 heteroatoms. The van der Waals surface area contributed by atoms with Gasteiger partial charge in [-0.05, 0) is 41.3 Å². The number of amides is 1. The number of aryl methyl sites for hydroxylation is 1. The summed E-state index contributed by atoms with van der Waals surface area (Å²) in [7, 11) is -3.61. The van der Waals surface area contributed by atoms with Gasteiger partial charge in [0.25, 0.3) is 0 Å². The average molecular weight is 401 g/mol. The van der Waals surface area contributed by atoms with E-state index in [0.717, 1.165) is 23.0 Å². The highest BCUT2D eigenvalue weighted by molar-refractivity contribution is 7.86. The minimum Gasteiger partial charge on any atom is -0.382 e. The Bertz CT molecular complexity index is 977. The lowest BCUT2D eigenvalue weighted by molar-refractivity contribution is -0.129. The van der Waals surface area contributed by atoms with Gasteiger partial charge < -0.3 is 13.8 Å². The van der Waals surface area contributed by atoms with E-state index >= 15 is 0 Å². The summed E-state index contributed by atoms with van der Waals surface area (Å²) in [6.45, 7) is 3.99. The van der Waals surface area contributed by atoms with Crippen molar-refractivity contribution >= 4 is 21.6 Å². The molecule has 0 aliphatic carbocycles. The summed E-state index contributed by atoms with van der Waals surface area (Å²) in [6.07, 6.45) is 2.64. The number of rotatable bonds is 5. The topological polar surface area (TPSA) is 72.9 Å². The summed E-state index contributed by atoms with van der Waals surface area (Å²) in [5, 5.41) is 0. The molecule has 1 aliphatic rings. The van der Waals surface area contributed by atoms with E-state index in [-0.39, 0.29) is 11.7 Å². The van der Waals surface area contributed by atoms with Crippen LogP contribution in [0, 0.1) is 6.92 Å². The van der Waals surface area contributed by atoms with Crippen molar-refractivity contribution in [2.24, 2.45) is 0 Å². The first-order valence-corrected chi connectivity index (χ1v) is 10.8. The van der Waals surface area contributed by atoms with E-state index in [1.165, 1.54) is 0 Å². The third-order valence-electron chi connectivity index (χ3n) is 4.40. The van der Waals surface area contributed by atoms with Crippen molar-refractivity contribution in [2.75, 3.05) is 32.6 Å². The van der Waals surface area contributed by atoms with Gasteiger partial charge >= 0.3 is 10.1 Å². The quantitative estimate of drug-likeness (QED) is 0.569. The largest absolute Gasteiger partial charge is 0.382 e. The number of morpholine rings is 1. The molecular formula is C21H23NO5S. The van der Waals surface area contributed by atoms with Gasteiger partial charge in [-0.15, -0.1) is 0 Å². The molecule has 0 unspecified atom stereocenters. The van der Waals surface area contributed by atoms with E-state index in [4.69, 9.17) is 8.92 Å². The second kappa shape index (κ2) is 8.58. The number of nitrogens with zero attached hydrogens (tertiary/aromatic N) is 1. The minimum atomic E-state index is -3.61. The van der Waals surface area contributed by atoms with E-state index in [2.05, 4.69) is 0 Å². The van der Waals surface area contributed by atoms with Gasteiger partial charge in [-0.2, -0.15) is 8.42 Å². The average Bonchev–Trinajstić information content (AvgIpc) is 2.68. The van der Waals surface area contributed by atoms with Gasteiger partial charge in [0.2, 0.25) is 5.91 Å². The van der Waals surface area contributed by atoms with Crippen LogP contribution in [-0.2, 0) is 19.6 Å². The van der Waals surface area contributed by atoms with Crippen LogP contribution in [0.4, 0.5) is 0 Å². The summed E-state index contributed by atoms with van der Waals surface area (Å²) in [4.78, 5) is 14.5. The maximum Gasteiger partial charge on any atom is 0.306 e. The summed E-state index contributed by atoms with van der Waals surface area (Å²) in [5.74, 6) is 0.203. The van der Waals surface area contributed by atoms with Crippen molar-refractivity contribution in [1.82, 2.24) is 4.90 Å². The first-order chi connectivity index (χ1) is 13.3. The van der Waals surface area contributed by atoms with E-state index in [9.17, 15) is 13.2 Å². The SMILES string of the molecule is Cc1cc(C(=CC(=O)N2CCOCC2)c2ccccc2)ccc1OS(C)(=O)=O. The van der Waals surface area contributed by atoms with Crippen molar-refractivity contribution in [2.45, 2.75) is 6.92 Å². The molecule has 28 heavy (non-hydrogen) atoms. The highest BCUT2D eigenvalue weighted by Gasteiger charge is 2.17. The molecule has 2 aromatic rings. The molecule has 0 saturated carbocycles. The van der Waals surface area contributed by atoms with E-state index < -0.39 is 10.1 Å². The van der Waals surface area contributed by atoms with Gasteiger partial charge in [0.05, 0.1) is 19.5 Å². The van der Waals surface area contributed by atoms with Gasteiger partial charge in [0.1, 0.15) is 5.75 Å². The number of ether oxygens (including phenoxy) is 1. The fourth-order valence-corrected chi connectivity index (χ4v) is 3.54. The van der Waals surface area contributed by atoms with Crippen LogP contribution < -0.4 is 4.18 Å². The third kappa shape index (κ3) is 5.21. The van der Waals surface area contributed by atoms with Crippen molar-refractivity contribution in [1.29, 1.82) is 0 Å². The Morgan fingerprint density at radius 3 is 2.36 bits per heavy atom. The highest BCUT2D eigenvalue weighted by Crippen LogP contribution is 2.28. The van der Waals surface area contributed by atoms with Gasteiger partial charge in [-0.1, -0.05) is 36.4 Å². The molecule has 0 aromatic heterocycles. The van der Waals surface area contributed by atoms with Crippen molar-refractivity contribution in [3.8, 4) is 5.75 Å². The number of carbonyl (C=O) groups excluding carboxylic acids is 1. The van der Waals surface area contributed by atoms with Crippen LogP contribution in [-0.4, -0.2) is 51.8 Å². The molecule has 1 aliphatic heterocycles. The molecule has 1 fully saturated rings. The number of benzene rings is 2. The fraction of sp³-hybridized carbons (Fsp3) is 0.286. The zero-order chi connectivity index (χ0) is 20.1. The number of carbonyl (C=O) groups is 1. The molecule has 1 heterocycles. The monoisotopic (exact) mass is 401 g/mol. The summed E-state index contributed by atoms with van der Waals surface area (Å²) in [6, 6.07) is 14.8. The maximum absolute atomic E-state index is 12.8. The van der Waals surface area contributed by atoms with Crippen LogP contribution in [0.15, 0.2) is 54.6 Å². The lowest BCUT2D eigenvalue weighted by Crippen LogP contribution is -2.39. The Morgan fingerprint density at radius 2 is 1.75 bits per heavy atom. The normalized spacial score (nSPS) is 15.4. The Kier molecular flexibility index (Phi) is 6.16. The van der Waals surface area contributed by atoms with E-state index in [0.29, 0.717) is 31.9 Å². The number of hydrogen-bond donors (Lipinski definition) is 0. The van der Waals surface area contributed by atoms with Gasteiger partial charge in [0, 0.05) is 19.2 Å². The van der Waals surface area contributed by atoms with Crippen LogP contribution in [0.2, 0.25) is 0 Å². The Morgan fingerprint density at radius 1 is 1.07 bits per heavy atom. The molecule has 2 aromatic carbocycles. The summed E-state index contributed by atoms with van der Waals surface area (Å²) in [5.41, 5.74) is 3.15. The first kappa shape index (κ1) is 20.1. The molecule has 1 saturated heterocycles. The number of hydrogen-bond acceptors (Lipinski definition) is 5. The predicted molar refractivity (Wildman–Crippen MR) is 108 cm³/mol. The Labute approximate surface area is 165 Å². The van der Waals surface area contributed by atoms with Crippen molar-refractivity contribution < 1.29 is 22.1 Å². The maximum atomic E-state index is 12.8. The van der Waals surface area contributed by atoms with E-state index in [1.807, 2.05) is 36.4 Å². The smallest absolute Gasteiger partial charge is 0.306 e. The third-order valence-corrected chi connectivity index (χ3v) is 4.88. The van der Waals surface area contributed by atoms with Gasteiger partial charge in [-0.25, -0.2) is 0 Å². The van der Waals surface area contributed by atoms with E-state index in [1.54, 1.807) is 30.0 Å². The van der Waals surface area contributed by atoms with Crippen LogP contribution in [0.25, 0.3) is 5.57 Å². The molecule has 0 bridgehead atoms. The molecule has 0 spiro atoms. The van der Waals surface area contributed by atoms with Crippen LogP contribution >= 0.6 is 0 Å². The van der Waals surface area contributed by atoms with Gasteiger partial charge in [0.15, 0.2) is 0 Å². The fourth-order valence-electron chi connectivity index (χ4n) is 3.02. The predicted octanol–water partition coefficient (Wildman–Crippen LogP) is 2.62. The molecule has 148 valence electrons. The van der Waals surface area contributed by atoms with Crippen LogP contribution in [0.3, 0.4) is 0 Å². The second-order valence-corrected chi connectivity index (χ2v) is 8.20. The molecule has 0 N–H and O–H groups in total. The lowest BCUT2D eigenvalue weighted by atomic mass is 9.95. The minimum absolute atomic E-state index is 0.0729. The van der Waals surface area contributed by atoms with Gasteiger partial charge in [-0.3, -0.25) is 4.79 Å². The molecule has 6 nitrogen and oxygen atoms in total. The molecule has 3 rings (SSSR count). The zero-order valence-corrected chi connectivity index (χ0v) is 16.7. The Balaban J connectivity index is 1.99. The second-order valence-electron chi connectivity index (χ2n) is 6.63.